The van der Waals surface area contributed by atoms with Crippen molar-refractivity contribution in [3.05, 3.63) is 47.5 Å². The van der Waals surface area contributed by atoms with Crippen molar-refractivity contribution in [1.82, 2.24) is 5.32 Å². The lowest BCUT2D eigenvalue weighted by atomic mass is 9.75. The number of carbonyl (C=O) groups excluding carboxylic acids is 2. The molecule has 2 aromatic rings. The van der Waals surface area contributed by atoms with Crippen molar-refractivity contribution in [3.63, 3.8) is 0 Å². The van der Waals surface area contributed by atoms with E-state index in [1.54, 1.807) is 6.92 Å². The standard InChI is InChI=1S/C27H29F7N2O6S/c1-27(26(39)40)9-7-15(8-10-27)42-22-12-17(21(41-2)13-19(22)29)25(38)36-20-6-4-16(20)24(37)35-14-3-5-18(28)23(11-14)43(30,31,32,33)34/h3,5,11-13,15-16,20H,4,6-10H2,1-2H3,(H,35,37)(H,36,38)(H,39,40). The van der Waals surface area contributed by atoms with E-state index < -0.39 is 73.7 Å². The minimum atomic E-state index is -10.4. The Hall–Kier alpha value is -3.69. The van der Waals surface area contributed by atoms with Gasteiger partial charge in [0.15, 0.2) is 11.6 Å². The molecular weight excluding hydrogens is 613 g/mol. The van der Waals surface area contributed by atoms with E-state index in [1.807, 2.05) is 0 Å². The Morgan fingerprint density at radius 2 is 1.58 bits per heavy atom. The van der Waals surface area contributed by atoms with Crippen LogP contribution >= 0.6 is 10.2 Å². The summed E-state index contributed by atoms with van der Waals surface area (Å²) < 4.78 is 105. The normalized spacial score (nSPS) is 25.4. The molecule has 0 bridgehead atoms. The SMILES string of the molecule is COc1cc(F)c(OC2CCC(C)(C(=O)O)CC2)cc1C(=O)NC1CCC1C(=O)Nc1ccc(F)c(S(F)(F)(F)(F)F)c1. The Morgan fingerprint density at radius 1 is 0.930 bits per heavy atom. The van der Waals surface area contributed by atoms with Gasteiger partial charge in [0.05, 0.1) is 30.1 Å². The Kier molecular flexibility index (Phi) is 7.86. The van der Waals surface area contributed by atoms with Gasteiger partial charge in [-0.15, -0.1) is 0 Å². The molecule has 2 aliphatic rings. The summed E-state index contributed by atoms with van der Waals surface area (Å²) in [5, 5.41) is 14.0. The summed E-state index contributed by atoms with van der Waals surface area (Å²) in [6.07, 6.45) is 1.26. The van der Waals surface area contributed by atoms with Gasteiger partial charge in [-0.1, -0.05) is 19.4 Å². The molecule has 3 N–H and O–H groups in total. The van der Waals surface area contributed by atoms with E-state index in [9.17, 15) is 47.7 Å². The number of nitrogens with one attached hydrogen (secondary N) is 2. The molecule has 2 aromatic carbocycles. The van der Waals surface area contributed by atoms with Crippen molar-refractivity contribution in [2.24, 2.45) is 11.3 Å². The minimum absolute atomic E-state index is 0.143. The molecule has 0 saturated heterocycles. The molecule has 238 valence electrons. The van der Waals surface area contributed by atoms with Gasteiger partial charge in [-0.05, 0) is 69.7 Å². The molecule has 0 heterocycles. The lowest BCUT2D eigenvalue weighted by Crippen LogP contribution is -2.51. The van der Waals surface area contributed by atoms with Gasteiger partial charge in [0.2, 0.25) is 5.91 Å². The predicted octanol–water partition coefficient (Wildman–Crippen LogP) is 7.19. The lowest BCUT2D eigenvalue weighted by Gasteiger charge is -2.40. The maximum absolute atomic E-state index is 14.8. The second-order valence-corrected chi connectivity index (χ2v) is 13.4. The summed E-state index contributed by atoms with van der Waals surface area (Å²) in [4.78, 5) is 34.6. The van der Waals surface area contributed by atoms with Gasteiger partial charge in [-0.25, -0.2) is 8.78 Å². The van der Waals surface area contributed by atoms with Crippen LogP contribution < -0.4 is 20.1 Å². The highest BCUT2D eigenvalue weighted by Gasteiger charge is 2.67. The van der Waals surface area contributed by atoms with Crippen LogP contribution in [0.5, 0.6) is 11.5 Å². The zero-order chi connectivity index (χ0) is 32.0. The molecule has 16 heteroatoms. The first-order chi connectivity index (χ1) is 19.7. The topological polar surface area (TPSA) is 114 Å². The highest BCUT2D eigenvalue weighted by Crippen LogP contribution is 3.02. The van der Waals surface area contributed by atoms with Gasteiger partial charge < -0.3 is 25.2 Å². The van der Waals surface area contributed by atoms with Gasteiger partial charge in [-0.3, -0.25) is 14.4 Å². The van der Waals surface area contributed by atoms with Crippen molar-refractivity contribution in [2.45, 2.75) is 62.5 Å². The van der Waals surface area contributed by atoms with Crippen LogP contribution in [0.25, 0.3) is 0 Å². The van der Waals surface area contributed by atoms with Gasteiger partial charge in [0.25, 0.3) is 5.91 Å². The molecule has 0 aliphatic heterocycles. The van der Waals surface area contributed by atoms with E-state index in [2.05, 4.69) is 10.6 Å². The molecule has 0 radical (unpaired) electrons. The molecule has 2 aliphatic carbocycles. The van der Waals surface area contributed by atoms with E-state index in [0.717, 1.165) is 12.1 Å². The van der Waals surface area contributed by atoms with Crippen LogP contribution in [0.2, 0.25) is 0 Å². The summed E-state index contributed by atoms with van der Waals surface area (Å²) in [7, 11) is -9.18. The fourth-order valence-electron chi connectivity index (χ4n) is 5.06. The Balaban J connectivity index is 1.44. The van der Waals surface area contributed by atoms with Crippen molar-refractivity contribution in [2.75, 3.05) is 12.4 Å². The third-order valence-corrected chi connectivity index (χ3v) is 9.03. The quantitative estimate of drug-likeness (QED) is 0.250. The number of amides is 2. The molecule has 2 saturated carbocycles. The van der Waals surface area contributed by atoms with E-state index >= 15 is 0 Å². The first kappa shape index (κ1) is 32.2. The largest absolute Gasteiger partial charge is 0.496 e. The lowest BCUT2D eigenvalue weighted by molar-refractivity contribution is -0.150. The second-order valence-electron chi connectivity index (χ2n) is 11.0. The van der Waals surface area contributed by atoms with Crippen molar-refractivity contribution >= 4 is 33.7 Å². The van der Waals surface area contributed by atoms with E-state index in [0.29, 0.717) is 31.7 Å². The first-order valence-corrected chi connectivity index (χ1v) is 15.1. The van der Waals surface area contributed by atoms with Crippen LogP contribution in [0.1, 0.15) is 55.8 Å². The fourth-order valence-corrected chi connectivity index (χ4v) is 5.84. The fraction of sp³-hybridized carbons (Fsp3) is 0.444. The molecule has 2 unspecified atom stereocenters. The predicted molar refractivity (Wildman–Crippen MR) is 142 cm³/mol. The smallest absolute Gasteiger partial charge is 0.313 e. The number of hydrogen-bond donors (Lipinski definition) is 3. The number of anilines is 1. The van der Waals surface area contributed by atoms with Crippen molar-refractivity contribution in [3.8, 4) is 11.5 Å². The molecule has 2 fully saturated rings. The van der Waals surface area contributed by atoms with Gasteiger partial charge >= 0.3 is 16.2 Å². The van der Waals surface area contributed by atoms with Gasteiger partial charge in [0.1, 0.15) is 16.5 Å². The Labute approximate surface area is 241 Å². The van der Waals surface area contributed by atoms with E-state index in [1.165, 1.54) is 7.11 Å². The van der Waals surface area contributed by atoms with Crippen LogP contribution in [0.15, 0.2) is 35.2 Å². The Bertz CT molecular complexity index is 1460. The zero-order valence-electron chi connectivity index (χ0n) is 22.9. The average Bonchev–Trinajstić information content (AvgIpc) is 2.88. The molecule has 8 nitrogen and oxygen atoms in total. The average molecular weight is 643 g/mol. The van der Waals surface area contributed by atoms with Crippen LogP contribution in [-0.4, -0.2) is 42.1 Å². The minimum Gasteiger partial charge on any atom is -0.496 e. The number of ether oxygens (including phenoxy) is 2. The molecule has 2 amide bonds. The summed E-state index contributed by atoms with van der Waals surface area (Å²) in [5.41, 5.74) is -1.77. The molecule has 4 rings (SSSR count). The van der Waals surface area contributed by atoms with Crippen LogP contribution in [0.3, 0.4) is 0 Å². The number of aliphatic carboxylic acids is 1. The monoisotopic (exact) mass is 642 g/mol. The molecule has 43 heavy (non-hydrogen) atoms. The number of rotatable bonds is 9. The number of carboxylic acids is 1. The summed E-state index contributed by atoms with van der Waals surface area (Å²) >= 11 is 0. The van der Waals surface area contributed by atoms with E-state index in [-0.39, 0.29) is 42.0 Å². The number of methoxy groups -OCH3 is 1. The maximum Gasteiger partial charge on any atom is 0.313 e. The number of benzene rings is 2. The number of carbonyl (C=O) groups is 3. The molecule has 2 atom stereocenters. The number of hydrogen-bond acceptors (Lipinski definition) is 5. The third-order valence-electron chi connectivity index (χ3n) is 7.89. The Morgan fingerprint density at radius 3 is 2.12 bits per heavy atom. The summed E-state index contributed by atoms with van der Waals surface area (Å²) in [6.45, 7) is 1.62. The second kappa shape index (κ2) is 10.5. The zero-order valence-corrected chi connectivity index (χ0v) is 23.7. The molecule has 0 spiro atoms. The first-order valence-electron chi connectivity index (χ1n) is 13.1. The van der Waals surface area contributed by atoms with Crippen LogP contribution in [-0.2, 0) is 9.59 Å². The van der Waals surface area contributed by atoms with E-state index in [4.69, 9.17) is 9.47 Å². The van der Waals surface area contributed by atoms with Crippen LogP contribution in [0.4, 0.5) is 33.9 Å². The van der Waals surface area contributed by atoms with Crippen molar-refractivity contribution in [1.29, 1.82) is 0 Å². The highest BCUT2D eigenvalue weighted by molar-refractivity contribution is 8.45. The number of halogens is 7. The molecule has 0 aromatic heterocycles. The summed E-state index contributed by atoms with van der Waals surface area (Å²) in [5.74, 6) is -7.02. The highest BCUT2D eigenvalue weighted by atomic mass is 32.5. The summed E-state index contributed by atoms with van der Waals surface area (Å²) in [6, 6.07) is 1.91. The molecular formula is C27H29F7N2O6S. The van der Waals surface area contributed by atoms with Crippen molar-refractivity contribution < 1.29 is 57.2 Å². The van der Waals surface area contributed by atoms with Crippen LogP contribution in [0, 0.1) is 23.0 Å². The van der Waals surface area contributed by atoms with Gasteiger partial charge in [0, 0.05) is 17.8 Å². The maximum atomic E-state index is 14.8. The third kappa shape index (κ3) is 7.11. The number of carboxylic acid groups (broad SMARTS) is 1. The van der Waals surface area contributed by atoms with Gasteiger partial charge in [-0.2, -0.15) is 0 Å².